The Bertz CT molecular complexity index is 42.2. The Labute approximate surface area is 40.8 Å². The molecule has 0 spiro atoms. The Morgan fingerprint density at radius 1 is 2.00 bits per heavy atom. The molecule has 0 atom stereocenters. The first-order chi connectivity index (χ1) is 2.27. The fourth-order valence-electron chi connectivity index (χ4n) is 0. The molecular weight excluding hydrogens is 108 g/mol. The van der Waals surface area contributed by atoms with Crippen molar-refractivity contribution in [3.05, 3.63) is 0 Å². The monoisotopic (exact) mass is 109 g/mol. The van der Waals surface area contributed by atoms with E-state index in [2.05, 4.69) is 3.32 Å². The summed E-state index contributed by atoms with van der Waals surface area (Å²) in [7, 11) is 0. The van der Waals surface area contributed by atoms with E-state index in [-0.39, 0.29) is 0 Å². The van der Waals surface area contributed by atoms with Crippen molar-refractivity contribution in [3.8, 4) is 0 Å². The molecule has 0 heterocycles. The van der Waals surface area contributed by atoms with E-state index < -0.39 is 6.16 Å². The standard InChI is InChI=1S/CH2O3.Ti/c2-1(3)4;/h(H2,2,3,4);/q;+1/p-1. The van der Waals surface area contributed by atoms with Gasteiger partial charge in [-0.3, -0.25) is 0 Å². The third-order valence-corrected chi connectivity index (χ3v) is 0.360. The zero-order valence-electron chi connectivity index (χ0n) is 2.26. The van der Waals surface area contributed by atoms with Gasteiger partial charge in [0, 0.05) is 0 Å². The Hall–Kier alpha value is -0.0157. The summed E-state index contributed by atoms with van der Waals surface area (Å²) in [6, 6.07) is 0. The molecule has 0 aliphatic rings. The summed E-state index contributed by atoms with van der Waals surface area (Å²) < 4.78 is 3.67. The first-order valence-corrected chi connectivity index (χ1v) is 1.47. The fraction of sp³-hybridized carbons (Fsp3) is 0. The summed E-state index contributed by atoms with van der Waals surface area (Å²) in [6.45, 7) is 0. The average molecular weight is 109 g/mol. The maximum absolute atomic E-state index is 9.15. The van der Waals surface area contributed by atoms with Crippen molar-refractivity contribution >= 4 is 6.16 Å². The van der Waals surface area contributed by atoms with Gasteiger partial charge in [-0.15, -0.1) is 0 Å². The van der Waals surface area contributed by atoms with Crippen molar-refractivity contribution in [2.24, 2.45) is 0 Å². The van der Waals surface area contributed by atoms with Crippen LogP contribution in [0.4, 0.5) is 4.79 Å². The molecule has 0 aromatic carbocycles. The minimum absolute atomic E-state index is 1.10. The number of carbonyl (C=O) groups is 1. The molecule has 0 aliphatic carbocycles. The molecule has 0 bridgehead atoms. The predicted molar refractivity (Wildman–Crippen MR) is 9.11 cm³/mol. The molecule has 5 heavy (non-hydrogen) atoms. The second kappa shape index (κ2) is 2.24. The van der Waals surface area contributed by atoms with E-state index in [1.807, 2.05) is 0 Å². The third-order valence-electron chi connectivity index (χ3n) is 0.0873. The molecule has 0 amide bonds. The van der Waals surface area contributed by atoms with E-state index in [9.17, 15) is 0 Å². The van der Waals surface area contributed by atoms with E-state index >= 15 is 0 Å². The maximum atomic E-state index is 9.15. The van der Waals surface area contributed by atoms with Crippen LogP contribution in [-0.2, 0) is 24.1 Å². The van der Waals surface area contributed by atoms with Crippen LogP contribution in [0.1, 0.15) is 0 Å². The van der Waals surface area contributed by atoms with E-state index in [0.29, 0.717) is 0 Å². The van der Waals surface area contributed by atoms with Gasteiger partial charge in [0.2, 0.25) is 0 Å². The van der Waals surface area contributed by atoms with Crippen molar-refractivity contribution in [2.75, 3.05) is 0 Å². The van der Waals surface area contributed by atoms with Gasteiger partial charge in [-0.25, -0.2) is 0 Å². The normalized spacial score (nSPS) is 6.20. The summed E-state index contributed by atoms with van der Waals surface area (Å²) in [5.74, 6) is 0. The van der Waals surface area contributed by atoms with Crippen molar-refractivity contribution in [2.45, 2.75) is 0 Å². The van der Waals surface area contributed by atoms with Crippen LogP contribution < -0.4 is 0 Å². The molecule has 0 radical (unpaired) electrons. The summed E-state index contributed by atoms with van der Waals surface area (Å²) >= 11 is 1.10. The minimum atomic E-state index is -1.25. The van der Waals surface area contributed by atoms with Gasteiger partial charge in [0.1, 0.15) is 0 Å². The van der Waals surface area contributed by atoms with Crippen LogP contribution in [0, 0.1) is 0 Å². The Morgan fingerprint density at radius 2 is 2.20 bits per heavy atom. The second-order valence-corrected chi connectivity index (χ2v) is 0.687. The number of rotatable bonds is 0. The number of carboxylic acid groups (broad SMARTS) is 1. The third kappa shape index (κ3) is 3.98. The molecule has 3 nitrogen and oxygen atoms in total. The van der Waals surface area contributed by atoms with Gasteiger partial charge in [0.25, 0.3) is 0 Å². The molecule has 0 saturated heterocycles. The van der Waals surface area contributed by atoms with Crippen molar-refractivity contribution < 1.29 is 34.0 Å². The predicted octanol–water partition coefficient (Wildman–Crippen LogP) is 0.143. The van der Waals surface area contributed by atoms with E-state index in [0.717, 1.165) is 20.8 Å². The number of hydrogen-bond donors (Lipinski definition) is 1. The van der Waals surface area contributed by atoms with Gasteiger partial charge < -0.3 is 0 Å². The average Bonchev–Trinajstić information content (AvgIpc) is 1.38. The Morgan fingerprint density at radius 3 is 2.20 bits per heavy atom. The molecule has 0 aromatic rings. The fourth-order valence-corrected chi connectivity index (χ4v) is 0. The Kier molecular flexibility index (Phi) is 2.23. The van der Waals surface area contributed by atoms with Gasteiger partial charge in [0.05, 0.1) is 0 Å². The molecule has 0 unspecified atom stereocenters. The zero-order chi connectivity index (χ0) is 4.28. The van der Waals surface area contributed by atoms with Gasteiger partial charge >= 0.3 is 40.2 Å². The number of hydrogen-bond acceptors (Lipinski definition) is 2. The molecule has 4 heteroatoms. The molecule has 0 aromatic heterocycles. The van der Waals surface area contributed by atoms with E-state index in [1.165, 1.54) is 0 Å². The molecule has 0 aliphatic heterocycles. The topological polar surface area (TPSA) is 46.5 Å². The van der Waals surface area contributed by atoms with Gasteiger partial charge in [0.15, 0.2) is 0 Å². The molecule has 27 valence electrons. The van der Waals surface area contributed by atoms with E-state index in [1.54, 1.807) is 0 Å². The van der Waals surface area contributed by atoms with Crippen LogP contribution >= 0.6 is 0 Å². The Balaban J connectivity index is 2.85. The SMILES string of the molecule is O=C(O)[O][Ti]. The quantitative estimate of drug-likeness (QED) is 0.450. The van der Waals surface area contributed by atoms with Gasteiger partial charge in [-0.1, -0.05) is 0 Å². The van der Waals surface area contributed by atoms with Crippen LogP contribution in [0.15, 0.2) is 0 Å². The van der Waals surface area contributed by atoms with Crippen LogP contribution in [-0.4, -0.2) is 11.3 Å². The van der Waals surface area contributed by atoms with E-state index in [4.69, 9.17) is 9.90 Å². The van der Waals surface area contributed by atoms with Crippen molar-refractivity contribution in [1.82, 2.24) is 0 Å². The summed E-state index contributed by atoms with van der Waals surface area (Å²) in [5, 5.41) is 7.50. The first kappa shape index (κ1) is 4.98. The van der Waals surface area contributed by atoms with Crippen LogP contribution in [0.2, 0.25) is 0 Å². The summed E-state index contributed by atoms with van der Waals surface area (Å²) in [4.78, 5) is 9.15. The van der Waals surface area contributed by atoms with Gasteiger partial charge in [-0.2, -0.15) is 0 Å². The summed E-state index contributed by atoms with van der Waals surface area (Å²) in [5.41, 5.74) is 0. The van der Waals surface area contributed by atoms with Crippen molar-refractivity contribution in [1.29, 1.82) is 0 Å². The summed E-state index contributed by atoms with van der Waals surface area (Å²) in [6.07, 6.45) is -1.25. The second-order valence-electron chi connectivity index (χ2n) is 0.368. The molecule has 1 N–H and O–H groups in total. The van der Waals surface area contributed by atoms with Crippen LogP contribution in [0.25, 0.3) is 0 Å². The van der Waals surface area contributed by atoms with Crippen molar-refractivity contribution in [3.63, 3.8) is 0 Å². The van der Waals surface area contributed by atoms with Crippen LogP contribution in [0.5, 0.6) is 0 Å². The molecule has 0 saturated carbocycles. The zero-order valence-corrected chi connectivity index (χ0v) is 3.83. The molecular formula is CHO3Ti. The molecule has 0 rings (SSSR count). The molecule has 0 fully saturated rings. The first-order valence-electron chi connectivity index (χ1n) is 0.836. The van der Waals surface area contributed by atoms with Crippen LogP contribution in [0.3, 0.4) is 0 Å². The van der Waals surface area contributed by atoms with Gasteiger partial charge in [-0.05, 0) is 0 Å².